The molecule has 3 heterocycles. The minimum atomic E-state index is -0.913. The van der Waals surface area contributed by atoms with Crippen LogP contribution < -0.4 is 10.2 Å². The fourth-order valence-corrected chi connectivity index (χ4v) is 7.04. The molecule has 5 aromatic rings. The molecular formula is C39H40N6O3. The van der Waals surface area contributed by atoms with Crippen LogP contribution in [0.15, 0.2) is 109 Å². The van der Waals surface area contributed by atoms with Gasteiger partial charge in [-0.05, 0) is 53.6 Å². The highest BCUT2D eigenvalue weighted by Gasteiger charge is 2.31. The number of piperidine rings is 1. The zero-order valence-electron chi connectivity index (χ0n) is 26.9. The summed E-state index contributed by atoms with van der Waals surface area (Å²) in [7, 11) is 0. The third-order valence-corrected chi connectivity index (χ3v) is 9.48. The van der Waals surface area contributed by atoms with Crippen LogP contribution in [0.25, 0.3) is 22.0 Å². The van der Waals surface area contributed by atoms with Crippen molar-refractivity contribution in [2.24, 2.45) is 0 Å². The lowest BCUT2D eigenvalue weighted by atomic mass is 9.97. The van der Waals surface area contributed by atoms with Crippen LogP contribution >= 0.6 is 0 Å². The van der Waals surface area contributed by atoms with E-state index in [2.05, 4.69) is 28.4 Å². The molecule has 7 rings (SSSR count). The molecule has 2 atom stereocenters. The number of carboxylic acid groups (broad SMARTS) is 1. The first kappa shape index (κ1) is 31.2. The van der Waals surface area contributed by atoms with Crippen LogP contribution in [0.2, 0.25) is 0 Å². The Morgan fingerprint density at radius 1 is 0.812 bits per heavy atom. The molecule has 48 heavy (non-hydrogen) atoms. The first-order valence-electron chi connectivity index (χ1n) is 16.7. The Kier molecular flexibility index (Phi) is 9.18. The highest BCUT2D eigenvalue weighted by molar-refractivity contribution is 5.90. The van der Waals surface area contributed by atoms with E-state index in [9.17, 15) is 14.7 Å². The third-order valence-electron chi connectivity index (χ3n) is 9.48. The number of carbonyl (C=O) groups is 2. The van der Waals surface area contributed by atoms with Gasteiger partial charge >= 0.3 is 6.09 Å². The van der Waals surface area contributed by atoms with E-state index in [1.165, 1.54) is 0 Å². The Bertz CT molecular complexity index is 1890. The molecule has 0 spiro atoms. The van der Waals surface area contributed by atoms with Crippen LogP contribution in [0.3, 0.4) is 0 Å². The third kappa shape index (κ3) is 6.95. The number of amides is 2. The van der Waals surface area contributed by atoms with Crippen molar-refractivity contribution in [3.8, 4) is 11.1 Å². The SMILES string of the molecule is O=C(Cc1ccccc1-c1ccccc1)N1CCC(Nc2nc(N3CCCC(N(Cc4ccccc4)C(=O)O)C3)c3ccccc3n2)C1. The van der Waals surface area contributed by atoms with Gasteiger partial charge in [0.05, 0.1) is 18.0 Å². The number of carbonyl (C=O) groups excluding carboxylic acids is 1. The first-order valence-corrected chi connectivity index (χ1v) is 16.7. The van der Waals surface area contributed by atoms with Crippen LogP contribution in [0, 0.1) is 0 Å². The number of para-hydroxylation sites is 1. The van der Waals surface area contributed by atoms with Crippen molar-refractivity contribution < 1.29 is 14.7 Å². The zero-order valence-corrected chi connectivity index (χ0v) is 26.9. The summed E-state index contributed by atoms with van der Waals surface area (Å²) in [6.45, 7) is 2.93. The molecule has 0 aliphatic carbocycles. The maximum Gasteiger partial charge on any atom is 0.407 e. The van der Waals surface area contributed by atoms with Crippen LogP contribution in [-0.2, 0) is 17.8 Å². The molecule has 9 heteroatoms. The van der Waals surface area contributed by atoms with Crippen molar-refractivity contribution in [1.82, 2.24) is 19.8 Å². The monoisotopic (exact) mass is 640 g/mol. The van der Waals surface area contributed by atoms with Crippen LogP contribution in [0.1, 0.15) is 30.4 Å². The maximum atomic E-state index is 13.5. The number of nitrogens with zero attached hydrogens (tertiary/aromatic N) is 5. The molecule has 0 bridgehead atoms. The number of hydrogen-bond donors (Lipinski definition) is 2. The average Bonchev–Trinajstić information content (AvgIpc) is 3.60. The Morgan fingerprint density at radius 2 is 1.54 bits per heavy atom. The summed E-state index contributed by atoms with van der Waals surface area (Å²) < 4.78 is 0. The Labute approximate surface area is 280 Å². The lowest BCUT2D eigenvalue weighted by Gasteiger charge is -2.39. The first-order chi connectivity index (χ1) is 23.5. The summed E-state index contributed by atoms with van der Waals surface area (Å²) in [5.41, 5.74) is 5.02. The van der Waals surface area contributed by atoms with Gasteiger partial charge in [0.25, 0.3) is 0 Å². The predicted octanol–water partition coefficient (Wildman–Crippen LogP) is 6.70. The van der Waals surface area contributed by atoms with Gasteiger partial charge in [-0.25, -0.2) is 9.78 Å². The minimum absolute atomic E-state index is 0.0230. The van der Waals surface area contributed by atoms with Crippen LogP contribution in [-0.4, -0.2) is 75.1 Å². The van der Waals surface area contributed by atoms with Gasteiger partial charge in [-0.3, -0.25) is 9.69 Å². The molecule has 2 saturated heterocycles. The van der Waals surface area contributed by atoms with Crippen molar-refractivity contribution in [1.29, 1.82) is 0 Å². The molecular weight excluding hydrogens is 600 g/mol. The topological polar surface area (TPSA) is 102 Å². The molecule has 1 aromatic heterocycles. The molecule has 0 saturated carbocycles. The van der Waals surface area contributed by atoms with Gasteiger partial charge in [0.1, 0.15) is 5.82 Å². The number of nitrogens with one attached hydrogen (secondary N) is 1. The fourth-order valence-electron chi connectivity index (χ4n) is 7.04. The highest BCUT2D eigenvalue weighted by atomic mass is 16.4. The number of anilines is 2. The fraction of sp³-hybridized carbons (Fsp3) is 0.282. The largest absolute Gasteiger partial charge is 0.465 e. The maximum absolute atomic E-state index is 13.5. The van der Waals surface area contributed by atoms with Crippen molar-refractivity contribution >= 4 is 34.7 Å². The standard InChI is InChI=1S/C39H40N6O3/c46-36(24-30-16-7-8-18-33(30)29-14-5-2-6-15-29)43-23-21-31(26-43)40-38-41-35-20-10-9-19-34(35)37(42-38)44-22-11-17-32(27-44)45(39(47)48)25-28-12-3-1-4-13-28/h1-10,12-16,18-20,31-32H,11,17,21-27H2,(H,47,48)(H,40,41,42). The lowest BCUT2D eigenvalue weighted by Crippen LogP contribution is -2.50. The second-order valence-electron chi connectivity index (χ2n) is 12.7. The molecule has 2 aliphatic heterocycles. The second kappa shape index (κ2) is 14.1. The number of hydrogen-bond acceptors (Lipinski definition) is 6. The minimum Gasteiger partial charge on any atom is -0.465 e. The van der Waals surface area contributed by atoms with E-state index < -0.39 is 6.09 Å². The number of likely N-dealkylation sites (tertiary alicyclic amines) is 1. The van der Waals surface area contributed by atoms with Crippen LogP contribution in [0.4, 0.5) is 16.6 Å². The van der Waals surface area contributed by atoms with Gasteiger partial charge in [0, 0.05) is 44.2 Å². The smallest absolute Gasteiger partial charge is 0.407 e. The van der Waals surface area contributed by atoms with Crippen molar-refractivity contribution in [2.75, 3.05) is 36.4 Å². The molecule has 244 valence electrons. The second-order valence-corrected chi connectivity index (χ2v) is 12.7. The van der Waals surface area contributed by atoms with Gasteiger partial charge in [-0.2, -0.15) is 4.98 Å². The Hall–Kier alpha value is -5.44. The highest BCUT2D eigenvalue weighted by Crippen LogP contribution is 2.30. The molecule has 2 amide bonds. The van der Waals surface area contributed by atoms with Gasteiger partial charge in [0.2, 0.25) is 11.9 Å². The normalized spacial score (nSPS) is 17.8. The summed E-state index contributed by atoms with van der Waals surface area (Å²) in [6.07, 6.45) is 1.89. The Balaban J connectivity index is 1.06. The summed E-state index contributed by atoms with van der Waals surface area (Å²) in [6, 6.07) is 35.9. The lowest BCUT2D eigenvalue weighted by molar-refractivity contribution is -0.129. The summed E-state index contributed by atoms with van der Waals surface area (Å²) in [5.74, 6) is 1.45. The molecule has 2 aliphatic rings. The van der Waals surface area contributed by atoms with E-state index in [4.69, 9.17) is 9.97 Å². The van der Waals surface area contributed by atoms with Crippen LogP contribution in [0.5, 0.6) is 0 Å². The van der Waals surface area contributed by atoms with Gasteiger partial charge in [-0.1, -0.05) is 97.1 Å². The molecule has 2 N–H and O–H groups in total. The van der Waals surface area contributed by atoms with Crippen molar-refractivity contribution in [2.45, 2.75) is 44.3 Å². The van der Waals surface area contributed by atoms with Gasteiger partial charge < -0.3 is 20.2 Å². The van der Waals surface area contributed by atoms with Crippen molar-refractivity contribution in [3.63, 3.8) is 0 Å². The number of fused-ring (bicyclic) bond motifs is 1. The van der Waals surface area contributed by atoms with E-state index in [0.717, 1.165) is 64.8 Å². The van der Waals surface area contributed by atoms with E-state index in [1.807, 2.05) is 95.9 Å². The molecule has 2 unspecified atom stereocenters. The molecule has 0 radical (unpaired) electrons. The molecule has 2 fully saturated rings. The van der Waals surface area contributed by atoms with E-state index >= 15 is 0 Å². The van der Waals surface area contributed by atoms with E-state index in [0.29, 0.717) is 38.5 Å². The predicted molar refractivity (Wildman–Crippen MR) is 189 cm³/mol. The number of benzene rings is 4. The molecule has 4 aromatic carbocycles. The van der Waals surface area contributed by atoms with Gasteiger partial charge in [0.15, 0.2) is 0 Å². The average molecular weight is 641 g/mol. The summed E-state index contributed by atoms with van der Waals surface area (Å²) in [4.78, 5) is 41.5. The molecule has 9 nitrogen and oxygen atoms in total. The number of rotatable bonds is 9. The Morgan fingerprint density at radius 3 is 2.35 bits per heavy atom. The number of aromatic nitrogens is 2. The van der Waals surface area contributed by atoms with E-state index in [-0.39, 0.29) is 18.0 Å². The zero-order chi connectivity index (χ0) is 32.9. The van der Waals surface area contributed by atoms with Gasteiger partial charge in [-0.15, -0.1) is 0 Å². The summed E-state index contributed by atoms with van der Waals surface area (Å²) >= 11 is 0. The van der Waals surface area contributed by atoms with E-state index in [1.54, 1.807) is 4.90 Å². The quantitative estimate of drug-likeness (QED) is 0.185. The van der Waals surface area contributed by atoms with Crippen molar-refractivity contribution in [3.05, 3.63) is 120 Å². The summed E-state index contributed by atoms with van der Waals surface area (Å²) in [5, 5.41) is 14.6.